The van der Waals surface area contributed by atoms with Gasteiger partial charge in [0.05, 0.1) is 0 Å². The lowest BCUT2D eigenvalue weighted by Gasteiger charge is -2.20. The number of thioether (sulfide) groups is 1. The molecule has 0 radical (unpaired) electrons. The van der Waals surface area contributed by atoms with Crippen LogP contribution >= 0.6 is 11.8 Å². The van der Waals surface area contributed by atoms with E-state index < -0.39 is 0 Å². The van der Waals surface area contributed by atoms with Crippen LogP contribution in [0.15, 0.2) is 0 Å². The predicted molar refractivity (Wildman–Crippen MR) is 61.3 cm³/mol. The zero-order valence-corrected chi connectivity index (χ0v) is 9.85. The van der Waals surface area contributed by atoms with E-state index in [2.05, 4.69) is 0 Å². The first-order valence-electron chi connectivity index (χ1n) is 5.16. The second kappa shape index (κ2) is 5.61. The van der Waals surface area contributed by atoms with Crippen molar-refractivity contribution < 1.29 is 4.79 Å². The molecule has 0 bridgehead atoms. The van der Waals surface area contributed by atoms with Crippen molar-refractivity contribution in [2.75, 3.05) is 31.6 Å². The third kappa shape index (κ3) is 2.89. The van der Waals surface area contributed by atoms with Gasteiger partial charge in [-0.25, -0.2) is 0 Å². The number of nitrogens with two attached hydrogens (primary N) is 1. The Morgan fingerprint density at radius 1 is 1.71 bits per heavy atom. The van der Waals surface area contributed by atoms with Crippen molar-refractivity contribution in [3.8, 4) is 0 Å². The van der Waals surface area contributed by atoms with Gasteiger partial charge in [-0.3, -0.25) is 4.79 Å². The number of carbonyl (C=O) groups excluding carboxylic acids is 1. The highest BCUT2D eigenvalue weighted by Crippen LogP contribution is 2.18. The SMILES string of the molecule is CSCC(C)C(=O)N1CCC(CN)C1. The van der Waals surface area contributed by atoms with Crippen LogP contribution in [0.1, 0.15) is 13.3 Å². The maximum Gasteiger partial charge on any atom is 0.226 e. The number of hydrogen-bond acceptors (Lipinski definition) is 3. The summed E-state index contributed by atoms with van der Waals surface area (Å²) in [5.74, 6) is 1.90. The molecule has 4 heteroatoms. The minimum absolute atomic E-state index is 0.154. The quantitative estimate of drug-likeness (QED) is 0.756. The summed E-state index contributed by atoms with van der Waals surface area (Å²) in [6.45, 7) is 4.49. The van der Waals surface area contributed by atoms with Crippen molar-refractivity contribution in [3.63, 3.8) is 0 Å². The summed E-state index contributed by atoms with van der Waals surface area (Å²) in [6, 6.07) is 0. The summed E-state index contributed by atoms with van der Waals surface area (Å²) in [6.07, 6.45) is 3.12. The Bertz CT molecular complexity index is 199. The van der Waals surface area contributed by atoms with E-state index >= 15 is 0 Å². The lowest BCUT2D eigenvalue weighted by Crippen LogP contribution is -2.34. The summed E-state index contributed by atoms with van der Waals surface area (Å²) >= 11 is 1.73. The number of amides is 1. The second-order valence-electron chi connectivity index (χ2n) is 4.03. The number of nitrogens with zero attached hydrogens (tertiary/aromatic N) is 1. The molecule has 1 fully saturated rings. The van der Waals surface area contributed by atoms with Gasteiger partial charge < -0.3 is 10.6 Å². The first-order chi connectivity index (χ1) is 6.69. The van der Waals surface area contributed by atoms with Crippen LogP contribution in [0.5, 0.6) is 0 Å². The smallest absolute Gasteiger partial charge is 0.226 e. The molecule has 0 aromatic carbocycles. The molecule has 82 valence electrons. The van der Waals surface area contributed by atoms with Gasteiger partial charge in [0, 0.05) is 24.8 Å². The fraction of sp³-hybridized carbons (Fsp3) is 0.900. The van der Waals surface area contributed by atoms with E-state index in [4.69, 9.17) is 5.73 Å². The molecular formula is C10H20N2OS. The average Bonchev–Trinajstić information content (AvgIpc) is 2.65. The van der Waals surface area contributed by atoms with E-state index in [0.29, 0.717) is 18.4 Å². The van der Waals surface area contributed by atoms with E-state index in [1.807, 2.05) is 18.1 Å². The van der Waals surface area contributed by atoms with Crippen LogP contribution in [-0.2, 0) is 4.79 Å². The van der Waals surface area contributed by atoms with Gasteiger partial charge in [-0.1, -0.05) is 6.92 Å². The zero-order chi connectivity index (χ0) is 10.6. The topological polar surface area (TPSA) is 46.3 Å². The van der Waals surface area contributed by atoms with Crippen molar-refractivity contribution in [1.82, 2.24) is 4.90 Å². The summed E-state index contributed by atoms with van der Waals surface area (Å²) in [4.78, 5) is 13.8. The minimum Gasteiger partial charge on any atom is -0.342 e. The van der Waals surface area contributed by atoms with Crippen LogP contribution in [0, 0.1) is 11.8 Å². The number of carbonyl (C=O) groups is 1. The molecule has 0 aliphatic carbocycles. The Hall–Kier alpha value is -0.220. The largest absolute Gasteiger partial charge is 0.342 e. The second-order valence-corrected chi connectivity index (χ2v) is 4.94. The van der Waals surface area contributed by atoms with Gasteiger partial charge >= 0.3 is 0 Å². The zero-order valence-electron chi connectivity index (χ0n) is 9.03. The molecule has 0 aromatic rings. The van der Waals surface area contributed by atoms with Crippen LogP contribution in [0.2, 0.25) is 0 Å². The maximum atomic E-state index is 11.9. The number of likely N-dealkylation sites (tertiary alicyclic amines) is 1. The molecule has 3 nitrogen and oxygen atoms in total. The van der Waals surface area contributed by atoms with Crippen LogP contribution in [-0.4, -0.2) is 42.4 Å². The van der Waals surface area contributed by atoms with E-state index in [0.717, 1.165) is 25.3 Å². The standard InChI is InChI=1S/C10H20N2OS/c1-8(7-14-2)10(13)12-4-3-9(5-11)6-12/h8-9H,3-7,11H2,1-2H3. The molecule has 0 saturated carbocycles. The minimum atomic E-state index is 0.154. The van der Waals surface area contributed by atoms with E-state index in [1.54, 1.807) is 11.8 Å². The Kier molecular flexibility index (Phi) is 4.75. The molecule has 1 saturated heterocycles. The van der Waals surface area contributed by atoms with E-state index in [9.17, 15) is 4.79 Å². The normalized spacial score (nSPS) is 23.9. The van der Waals surface area contributed by atoms with Crippen LogP contribution in [0.3, 0.4) is 0 Å². The van der Waals surface area contributed by atoms with Crippen molar-refractivity contribution in [2.45, 2.75) is 13.3 Å². The van der Waals surface area contributed by atoms with Crippen LogP contribution in [0.4, 0.5) is 0 Å². The highest BCUT2D eigenvalue weighted by atomic mass is 32.2. The van der Waals surface area contributed by atoms with Crippen molar-refractivity contribution in [1.29, 1.82) is 0 Å². The Balaban J connectivity index is 2.38. The summed E-state index contributed by atoms with van der Waals surface area (Å²) in [7, 11) is 0. The number of hydrogen-bond donors (Lipinski definition) is 1. The molecule has 1 amide bonds. The highest BCUT2D eigenvalue weighted by Gasteiger charge is 2.27. The number of rotatable bonds is 4. The van der Waals surface area contributed by atoms with Crippen LogP contribution in [0.25, 0.3) is 0 Å². The monoisotopic (exact) mass is 216 g/mol. The third-order valence-electron chi connectivity index (χ3n) is 2.77. The molecule has 0 aromatic heterocycles. The predicted octanol–water partition coefficient (Wildman–Crippen LogP) is 0.793. The molecule has 2 atom stereocenters. The molecule has 1 heterocycles. The van der Waals surface area contributed by atoms with Gasteiger partial charge in [-0.05, 0) is 25.1 Å². The summed E-state index contributed by atoms with van der Waals surface area (Å²) in [5, 5.41) is 0. The lowest BCUT2D eigenvalue weighted by atomic mass is 10.1. The summed E-state index contributed by atoms with van der Waals surface area (Å²) < 4.78 is 0. The van der Waals surface area contributed by atoms with E-state index in [-0.39, 0.29) is 5.92 Å². The molecule has 1 aliphatic heterocycles. The van der Waals surface area contributed by atoms with Gasteiger partial charge in [0.15, 0.2) is 0 Å². The molecule has 0 spiro atoms. The van der Waals surface area contributed by atoms with Gasteiger partial charge in [0.1, 0.15) is 0 Å². The molecule has 1 rings (SSSR count). The Morgan fingerprint density at radius 3 is 2.93 bits per heavy atom. The van der Waals surface area contributed by atoms with E-state index in [1.165, 1.54) is 0 Å². The summed E-state index contributed by atoms with van der Waals surface area (Å²) in [5.41, 5.74) is 5.59. The average molecular weight is 216 g/mol. The first-order valence-corrected chi connectivity index (χ1v) is 6.56. The fourth-order valence-corrected chi connectivity index (χ4v) is 2.50. The van der Waals surface area contributed by atoms with Gasteiger partial charge in [-0.15, -0.1) is 0 Å². The Labute approximate surface area is 90.4 Å². The third-order valence-corrected chi connectivity index (χ3v) is 3.60. The van der Waals surface area contributed by atoms with Crippen LogP contribution < -0.4 is 5.73 Å². The van der Waals surface area contributed by atoms with Gasteiger partial charge in [0.2, 0.25) is 5.91 Å². The van der Waals surface area contributed by atoms with Crippen molar-refractivity contribution in [2.24, 2.45) is 17.6 Å². The Morgan fingerprint density at radius 2 is 2.43 bits per heavy atom. The highest BCUT2D eigenvalue weighted by molar-refractivity contribution is 7.98. The lowest BCUT2D eigenvalue weighted by molar-refractivity contribution is -0.133. The molecule has 14 heavy (non-hydrogen) atoms. The molecular weight excluding hydrogens is 196 g/mol. The first kappa shape index (κ1) is 11.9. The van der Waals surface area contributed by atoms with Crippen molar-refractivity contribution >= 4 is 17.7 Å². The van der Waals surface area contributed by atoms with Gasteiger partial charge in [0.25, 0.3) is 0 Å². The molecule has 2 unspecified atom stereocenters. The fourth-order valence-electron chi connectivity index (χ4n) is 1.86. The van der Waals surface area contributed by atoms with Gasteiger partial charge in [-0.2, -0.15) is 11.8 Å². The van der Waals surface area contributed by atoms with Crippen molar-refractivity contribution in [3.05, 3.63) is 0 Å². The molecule has 2 N–H and O–H groups in total. The maximum absolute atomic E-state index is 11.9. The molecule has 1 aliphatic rings.